The van der Waals surface area contributed by atoms with Crippen molar-refractivity contribution in [3.05, 3.63) is 36.0 Å². The summed E-state index contributed by atoms with van der Waals surface area (Å²) in [6.45, 7) is 2.08. The Bertz CT molecular complexity index is 846. The van der Waals surface area contributed by atoms with Gasteiger partial charge in [0, 0.05) is 18.8 Å². The molecule has 0 aliphatic heterocycles. The molecule has 1 fully saturated rings. The van der Waals surface area contributed by atoms with Gasteiger partial charge in [-0.1, -0.05) is 30.5 Å². The Hall–Kier alpha value is -2.63. The maximum atomic E-state index is 4.71. The van der Waals surface area contributed by atoms with E-state index in [1.807, 2.05) is 13.2 Å². The van der Waals surface area contributed by atoms with Gasteiger partial charge >= 0.3 is 0 Å². The van der Waals surface area contributed by atoms with Crippen molar-refractivity contribution in [3.63, 3.8) is 0 Å². The Kier molecular flexibility index (Phi) is 3.80. The predicted octanol–water partition coefficient (Wildman–Crippen LogP) is 3.77. The quantitative estimate of drug-likeness (QED) is 0.765. The van der Waals surface area contributed by atoms with Crippen molar-refractivity contribution in [3.8, 4) is 0 Å². The highest BCUT2D eigenvalue weighted by Gasteiger charge is 2.18. The summed E-state index contributed by atoms with van der Waals surface area (Å²) in [6, 6.07) is 8.76. The number of hydrogen-bond donors (Lipinski definition) is 2. The molecule has 0 saturated heterocycles. The highest BCUT2D eigenvalue weighted by Crippen LogP contribution is 2.27. The van der Waals surface area contributed by atoms with Crippen LogP contribution in [0.25, 0.3) is 11.0 Å². The van der Waals surface area contributed by atoms with Crippen molar-refractivity contribution >= 4 is 28.5 Å². The number of aryl methyl sites for hydroxylation is 2. The molecule has 1 aromatic carbocycles. The Balaban J connectivity index is 1.70. The number of anilines is 3. The fourth-order valence-corrected chi connectivity index (χ4v) is 3.21. The van der Waals surface area contributed by atoms with Gasteiger partial charge in [0.15, 0.2) is 5.65 Å². The number of rotatable bonds is 4. The minimum atomic E-state index is 0.475. The third-order valence-electron chi connectivity index (χ3n) is 4.59. The van der Waals surface area contributed by atoms with Gasteiger partial charge < -0.3 is 10.6 Å². The van der Waals surface area contributed by atoms with Crippen LogP contribution in [0.3, 0.4) is 0 Å². The summed E-state index contributed by atoms with van der Waals surface area (Å²) in [7, 11) is 1.91. The predicted molar refractivity (Wildman–Crippen MR) is 96.6 cm³/mol. The lowest BCUT2D eigenvalue weighted by Crippen LogP contribution is -2.17. The number of aromatic nitrogens is 4. The maximum absolute atomic E-state index is 4.71. The first-order valence-corrected chi connectivity index (χ1v) is 8.49. The third-order valence-corrected chi connectivity index (χ3v) is 4.59. The molecule has 24 heavy (non-hydrogen) atoms. The van der Waals surface area contributed by atoms with E-state index in [1.165, 1.54) is 31.2 Å². The van der Waals surface area contributed by atoms with Crippen LogP contribution >= 0.6 is 0 Å². The molecular formula is C18H22N6. The van der Waals surface area contributed by atoms with Crippen molar-refractivity contribution in [2.24, 2.45) is 7.05 Å². The van der Waals surface area contributed by atoms with Crippen LogP contribution in [0, 0.1) is 6.92 Å². The number of hydrogen-bond acceptors (Lipinski definition) is 5. The van der Waals surface area contributed by atoms with Crippen molar-refractivity contribution in [1.29, 1.82) is 0 Å². The number of nitrogens with one attached hydrogen (secondary N) is 2. The van der Waals surface area contributed by atoms with E-state index in [-0.39, 0.29) is 0 Å². The van der Waals surface area contributed by atoms with E-state index in [4.69, 9.17) is 4.98 Å². The SMILES string of the molecule is Cc1ccc(Nc2nc(NC3CCCC3)nc3c2cnn3C)cc1. The largest absolute Gasteiger partial charge is 0.351 e. The van der Waals surface area contributed by atoms with E-state index in [2.05, 4.69) is 51.9 Å². The second-order valence-electron chi connectivity index (χ2n) is 6.52. The lowest BCUT2D eigenvalue weighted by atomic mass is 10.2. The molecule has 3 aromatic rings. The second kappa shape index (κ2) is 6.11. The van der Waals surface area contributed by atoms with Crippen molar-refractivity contribution in [2.45, 2.75) is 38.6 Å². The third kappa shape index (κ3) is 2.91. The van der Waals surface area contributed by atoms with Gasteiger partial charge in [-0.15, -0.1) is 0 Å². The normalized spacial score (nSPS) is 15.1. The lowest BCUT2D eigenvalue weighted by molar-refractivity contribution is 0.742. The van der Waals surface area contributed by atoms with E-state index in [9.17, 15) is 0 Å². The molecule has 6 nitrogen and oxygen atoms in total. The van der Waals surface area contributed by atoms with Crippen molar-refractivity contribution < 1.29 is 0 Å². The first kappa shape index (κ1) is 14.9. The zero-order valence-electron chi connectivity index (χ0n) is 14.1. The fourth-order valence-electron chi connectivity index (χ4n) is 3.21. The standard InChI is InChI=1S/C18H22N6/c1-12-7-9-14(10-8-12)20-16-15-11-19-24(2)17(15)23-18(22-16)21-13-5-3-4-6-13/h7-11,13H,3-6H2,1-2H3,(H2,20,21,22,23). The van der Waals surface area contributed by atoms with Crippen LogP contribution in [0.1, 0.15) is 31.2 Å². The Labute approximate surface area is 141 Å². The van der Waals surface area contributed by atoms with Gasteiger partial charge in [-0.05, 0) is 31.9 Å². The summed E-state index contributed by atoms with van der Waals surface area (Å²) in [4.78, 5) is 9.36. The summed E-state index contributed by atoms with van der Waals surface area (Å²) in [6.07, 6.45) is 6.74. The van der Waals surface area contributed by atoms with E-state index >= 15 is 0 Å². The summed E-state index contributed by atoms with van der Waals surface area (Å²) < 4.78 is 1.79. The van der Waals surface area contributed by atoms with Crippen LogP contribution in [0.4, 0.5) is 17.5 Å². The van der Waals surface area contributed by atoms with Crippen LogP contribution in [0.2, 0.25) is 0 Å². The molecule has 4 rings (SSSR count). The van der Waals surface area contributed by atoms with E-state index in [0.717, 1.165) is 22.5 Å². The molecule has 6 heteroatoms. The van der Waals surface area contributed by atoms with Gasteiger partial charge in [-0.2, -0.15) is 15.1 Å². The fraction of sp³-hybridized carbons (Fsp3) is 0.389. The minimum Gasteiger partial charge on any atom is -0.351 e. The van der Waals surface area contributed by atoms with E-state index < -0.39 is 0 Å². The van der Waals surface area contributed by atoms with Crippen LogP contribution in [-0.2, 0) is 7.05 Å². The molecule has 0 bridgehead atoms. The topological polar surface area (TPSA) is 67.7 Å². The smallest absolute Gasteiger partial charge is 0.226 e. The zero-order valence-corrected chi connectivity index (χ0v) is 14.1. The molecule has 124 valence electrons. The van der Waals surface area contributed by atoms with Crippen molar-refractivity contribution in [1.82, 2.24) is 19.7 Å². The highest BCUT2D eigenvalue weighted by atomic mass is 15.3. The molecule has 0 spiro atoms. The molecule has 2 N–H and O–H groups in total. The van der Waals surface area contributed by atoms with Crippen LogP contribution < -0.4 is 10.6 Å². The summed E-state index contributed by atoms with van der Waals surface area (Å²) >= 11 is 0. The summed E-state index contributed by atoms with van der Waals surface area (Å²) in [5, 5.41) is 12.1. The Morgan fingerprint density at radius 3 is 2.58 bits per heavy atom. The average molecular weight is 322 g/mol. The highest BCUT2D eigenvalue weighted by molar-refractivity contribution is 5.89. The van der Waals surface area contributed by atoms with E-state index in [1.54, 1.807) is 4.68 Å². The number of benzene rings is 1. The Morgan fingerprint density at radius 1 is 1.08 bits per heavy atom. The zero-order chi connectivity index (χ0) is 16.5. The molecule has 1 aliphatic rings. The first-order valence-electron chi connectivity index (χ1n) is 8.49. The monoisotopic (exact) mass is 322 g/mol. The molecule has 0 unspecified atom stereocenters. The van der Waals surface area contributed by atoms with E-state index in [0.29, 0.717) is 12.0 Å². The van der Waals surface area contributed by atoms with Gasteiger partial charge in [0.25, 0.3) is 0 Å². The maximum Gasteiger partial charge on any atom is 0.226 e. The van der Waals surface area contributed by atoms with Crippen LogP contribution in [-0.4, -0.2) is 25.8 Å². The van der Waals surface area contributed by atoms with Crippen molar-refractivity contribution in [2.75, 3.05) is 10.6 Å². The summed E-state index contributed by atoms with van der Waals surface area (Å²) in [5.74, 6) is 1.46. The van der Waals surface area contributed by atoms with Gasteiger partial charge in [0.2, 0.25) is 5.95 Å². The Morgan fingerprint density at radius 2 is 1.83 bits per heavy atom. The number of fused-ring (bicyclic) bond motifs is 1. The first-order chi connectivity index (χ1) is 11.7. The molecule has 1 saturated carbocycles. The number of nitrogens with zero attached hydrogens (tertiary/aromatic N) is 4. The summed E-state index contributed by atoms with van der Waals surface area (Å²) in [5.41, 5.74) is 3.08. The van der Waals surface area contributed by atoms with Gasteiger partial charge in [-0.3, -0.25) is 4.68 Å². The molecule has 1 aliphatic carbocycles. The molecule has 0 atom stereocenters. The molecule has 0 radical (unpaired) electrons. The molecule has 0 amide bonds. The molecule has 2 aromatic heterocycles. The molecule has 2 heterocycles. The van der Waals surface area contributed by atoms with Gasteiger partial charge in [-0.25, -0.2) is 0 Å². The lowest BCUT2D eigenvalue weighted by Gasteiger charge is -2.14. The van der Waals surface area contributed by atoms with Gasteiger partial charge in [0.1, 0.15) is 5.82 Å². The van der Waals surface area contributed by atoms with Crippen LogP contribution in [0.5, 0.6) is 0 Å². The van der Waals surface area contributed by atoms with Crippen LogP contribution in [0.15, 0.2) is 30.5 Å². The average Bonchev–Trinajstić information content (AvgIpc) is 3.21. The minimum absolute atomic E-state index is 0.475. The second-order valence-corrected chi connectivity index (χ2v) is 6.52. The van der Waals surface area contributed by atoms with Gasteiger partial charge in [0.05, 0.1) is 11.6 Å². The molecular weight excluding hydrogens is 300 g/mol.